The minimum Gasteiger partial charge on any atom is -0.322 e. The van der Waals surface area contributed by atoms with Gasteiger partial charge in [0.15, 0.2) is 0 Å². The molecule has 0 bridgehead atoms. The lowest BCUT2D eigenvalue weighted by Gasteiger charge is -2.11. The average molecular weight is 345 g/mol. The molecule has 0 aliphatic carbocycles. The van der Waals surface area contributed by atoms with Crippen LogP contribution in [0.1, 0.15) is 15.9 Å². The Morgan fingerprint density at radius 3 is 2.39 bits per heavy atom. The fourth-order valence-corrected chi connectivity index (χ4v) is 2.07. The van der Waals surface area contributed by atoms with Crippen LogP contribution in [-0.4, -0.2) is 10.8 Å². The summed E-state index contributed by atoms with van der Waals surface area (Å²) >= 11 is 5.83. The normalized spacial score (nSPS) is 11.1. The number of anilines is 1. The second-order valence-electron chi connectivity index (χ2n) is 4.42. The maximum Gasteiger partial charge on any atom is 0.423 e. The number of nitrogens with zero attached hydrogens (tertiary/aromatic N) is 1. The molecule has 1 N–H and O–H groups in total. The third-order valence-corrected chi connectivity index (χ3v) is 3.20. The van der Waals surface area contributed by atoms with Gasteiger partial charge < -0.3 is 5.32 Å². The van der Waals surface area contributed by atoms with E-state index in [0.717, 1.165) is 6.07 Å². The molecule has 2 aromatic carbocycles. The van der Waals surface area contributed by atoms with E-state index in [9.17, 15) is 28.1 Å². The van der Waals surface area contributed by atoms with Crippen molar-refractivity contribution in [2.75, 3.05) is 5.32 Å². The van der Waals surface area contributed by atoms with Gasteiger partial charge in [-0.3, -0.25) is 14.9 Å². The first-order valence-corrected chi connectivity index (χ1v) is 6.49. The highest BCUT2D eigenvalue weighted by atomic mass is 35.5. The molecule has 0 saturated carbocycles. The standard InChI is InChI=1S/C14H8ClF3N2O3/c15-11-4-2-1-3-9(11)13(21)19-8-5-6-12(20(22)23)10(7-8)14(16,17)18/h1-7H,(H,19,21). The van der Waals surface area contributed by atoms with Crippen molar-refractivity contribution in [2.45, 2.75) is 6.18 Å². The number of nitrogens with one attached hydrogen (secondary N) is 1. The third-order valence-electron chi connectivity index (χ3n) is 2.88. The van der Waals surface area contributed by atoms with Crippen molar-refractivity contribution in [3.8, 4) is 0 Å². The zero-order valence-electron chi connectivity index (χ0n) is 11.2. The maximum absolute atomic E-state index is 12.9. The number of halogens is 4. The molecule has 2 aromatic rings. The summed E-state index contributed by atoms with van der Waals surface area (Å²) in [7, 11) is 0. The Kier molecular flexibility index (Phi) is 4.55. The molecule has 0 fully saturated rings. The molecule has 0 spiro atoms. The number of nitro benzene ring substituents is 1. The van der Waals surface area contributed by atoms with Gasteiger partial charge in [-0.25, -0.2) is 0 Å². The summed E-state index contributed by atoms with van der Waals surface area (Å²) in [6.07, 6.45) is -4.92. The lowest BCUT2D eigenvalue weighted by Crippen LogP contribution is -2.14. The Balaban J connectivity index is 2.36. The molecular formula is C14H8ClF3N2O3. The van der Waals surface area contributed by atoms with E-state index in [0.29, 0.717) is 12.1 Å². The second-order valence-corrected chi connectivity index (χ2v) is 4.83. The first-order valence-electron chi connectivity index (χ1n) is 6.11. The number of hydrogen-bond acceptors (Lipinski definition) is 3. The number of alkyl halides is 3. The molecule has 5 nitrogen and oxygen atoms in total. The molecule has 120 valence electrons. The minimum absolute atomic E-state index is 0.0704. The van der Waals surface area contributed by atoms with Crippen LogP contribution in [0.3, 0.4) is 0 Å². The Labute approximate surface area is 132 Å². The van der Waals surface area contributed by atoms with E-state index < -0.39 is 28.3 Å². The predicted molar refractivity (Wildman–Crippen MR) is 77.5 cm³/mol. The van der Waals surface area contributed by atoms with Crippen LogP contribution in [0, 0.1) is 10.1 Å². The van der Waals surface area contributed by atoms with Crippen LogP contribution in [0.25, 0.3) is 0 Å². The average Bonchev–Trinajstić information content (AvgIpc) is 2.46. The van der Waals surface area contributed by atoms with Gasteiger partial charge in [-0.2, -0.15) is 13.2 Å². The Bertz CT molecular complexity index is 778. The van der Waals surface area contributed by atoms with Gasteiger partial charge >= 0.3 is 6.18 Å². The molecule has 0 aromatic heterocycles. The van der Waals surface area contributed by atoms with Crippen molar-refractivity contribution >= 4 is 28.9 Å². The molecule has 0 atom stereocenters. The van der Waals surface area contributed by atoms with Crippen molar-refractivity contribution in [3.63, 3.8) is 0 Å². The molecular weight excluding hydrogens is 337 g/mol. The van der Waals surface area contributed by atoms with Crippen LogP contribution in [0.4, 0.5) is 24.5 Å². The van der Waals surface area contributed by atoms with E-state index in [-0.39, 0.29) is 16.3 Å². The highest BCUT2D eigenvalue weighted by Gasteiger charge is 2.38. The number of carbonyl (C=O) groups is 1. The van der Waals surface area contributed by atoms with Gasteiger partial charge in [0, 0.05) is 11.8 Å². The van der Waals surface area contributed by atoms with Crippen molar-refractivity contribution in [3.05, 3.63) is 68.7 Å². The molecule has 0 heterocycles. The number of rotatable bonds is 3. The SMILES string of the molecule is O=C(Nc1ccc([N+](=O)[O-])c(C(F)(F)F)c1)c1ccccc1Cl. The monoisotopic (exact) mass is 344 g/mol. The van der Waals surface area contributed by atoms with Gasteiger partial charge in [0.05, 0.1) is 15.5 Å². The summed E-state index contributed by atoms with van der Waals surface area (Å²) in [5.74, 6) is -0.724. The van der Waals surface area contributed by atoms with Crippen LogP contribution >= 0.6 is 11.6 Å². The Morgan fingerprint density at radius 2 is 1.83 bits per heavy atom. The summed E-state index contributed by atoms with van der Waals surface area (Å²) < 4.78 is 38.6. The van der Waals surface area contributed by atoms with E-state index >= 15 is 0 Å². The zero-order chi connectivity index (χ0) is 17.2. The van der Waals surface area contributed by atoms with Gasteiger partial charge in [0.1, 0.15) is 5.56 Å². The zero-order valence-corrected chi connectivity index (χ0v) is 12.0. The van der Waals surface area contributed by atoms with Crippen molar-refractivity contribution in [2.24, 2.45) is 0 Å². The number of hydrogen-bond donors (Lipinski definition) is 1. The molecule has 9 heteroatoms. The van der Waals surface area contributed by atoms with Crippen LogP contribution in [-0.2, 0) is 6.18 Å². The van der Waals surface area contributed by atoms with Crippen LogP contribution in [0.5, 0.6) is 0 Å². The Hall–Kier alpha value is -2.61. The highest BCUT2D eigenvalue weighted by molar-refractivity contribution is 6.34. The van der Waals surface area contributed by atoms with E-state index in [4.69, 9.17) is 11.6 Å². The van der Waals surface area contributed by atoms with E-state index in [1.165, 1.54) is 18.2 Å². The molecule has 0 radical (unpaired) electrons. The summed E-state index contributed by atoms with van der Waals surface area (Å²) in [4.78, 5) is 21.5. The van der Waals surface area contributed by atoms with Crippen molar-refractivity contribution < 1.29 is 22.9 Å². The summed E-state index contributed by atoms with van der Waals surface area (Å²) in [6.45, 7) is 0. The molecule has 0 saturated heterocycles. The van der Waals surface area contributed by atoms with Crippen LogP contribution < -0.4 is 5.32 Å². The Morgan fingerprint density at radius 1 is 1.17 bits per heavy atom. The molecule has 23 heavy (non-hydrogen) atoms. The van der Waals surface area contributed by atoms with Gasteiger partial charge in [-0.1, -0.05) is 23.7 Å². The first-order chi connectivity index (χ1) is 10.7. The number of nitro groups is 1. The highest BCUT2D eigenvalue weighted by Crippen LogP contribution is 2.37. The lowest BCUT2D eigenvalue weighted by molar-refractivity contribution is -0.388. The van der Waals surface area contributed by atoms with Crippen LogP contribution in [0.2, 0.25) is 5.02 Å². The fourth-order valence-electron chi connectivity index (χ4n) is 1.84. The molecule has 0 aliphatic heterocycles. The predicted octanol–water partition coefficient (Wildman–Crippen LogP) is 4.52. The van der Waals surface area contributed by atoms with E-state index in [1.807, 2.05) is 0 Å². The van der Waals surface area contributed by atoms with Crippen molar-refractivity contribution in [1.29, 1.82) is 0 Å². The third kappa shape index (κ3) is 3.78. The quantitative estimate of drug-likeness (QED) is 0.657. The van der Waals surface area contributed by atoms with Gasteiger partial charge in [-0.15, -0.1) is 0 Å². The maximum atomic E-state index is 12.9. The molecule has 0 unspecified atom stereocenters. The summed E-state index contributed by atoms with van der Waals surface area (Å²) in [5, 5.41) is 13.0. The van der Waals surface area contributed by atoms with Crippen molar-refractivity contribution in [1.82, 2.24) is 0 Å². The second kappa shape index (κ2) is 6.25. The smallest absolute Gasteiger partial charge is 0.322 e. The lowest BCUT2D eigenvalue weighted by atomic mass is 10.1. The topological polar surface area (TPSA) is 72.2 Å². The first kappa shape index (κ1) is 16.8. The number of amides is 1. The molecule has 2 rings (SSSR count). The molecule has 0 aliphatic rings. The van der Waals surface area contributed by atoms with Gasteiger partial charge in [0.25, 0.3) is 11.6 Å². The fraction of sp³-hybridized carbons (Fsp3) is 0.0714. The van der Waals surface area contributed by atoms with Gasteiger partial charge in [-0.05, 0) is 24.3 Å². The van der Waals surface area contributed by atoms with Crippen LogP contribution in [0.15, 0.2) is 42.5 Å². The van der Waals surface area contributed by atoms with Gasteiger partial charge in [0.2, 0.25) is 0 Å². The van der Waals surface area contributed by atoms with E-state index in [1.54, 1.807) is 6.07 Å². The van der Waals surface area contributed by atoms with E-state index in [2.05, 4.69) is 5.32 Å². The molecule has 1 amide bonds. The largest absolute Gasteiger partial charge is 0.423 e. The minimum atomic E-state index is -4.92. The summed E-state index contributed by atoms with van der Waals surface area (Å²) in [6, 6.07) is 8.19. The summed E-state index contributed by atoms with van der Waals surface area (Å²) in [5.41, 5.74) is -2.69. The number of carbonyl (C=O) groups excluding carboxylic acids is 1. The number of benzene rings is 2.